The molecule has 0 aliphatic rings. The number of likely N-dealkylation sites (N-methyl/N-ethyl adjacent to an activating group) is 2. The summed E-state index contributed by atoms with van der Waals surface area (Å²) in [6, 6.07) is 4.22. The van der Waals surface area contributed by atoms with E-state index in [-0.39, 0.29) is 34.6 Å². The van der Waals surface area contributed by atoms with Crippen molar-refractivity contribution in [3.05, 3.63) is 23.2 Å². The first-order valence-corrected chi connectivity index (χ1v) is 7.96. The average molecular weight is 320 g/mol. The number of carbonyl (C=O) groups excluding carboxylic acids is 1. The van der Waals surface area contributed by atoms with Gasteiger partial charge in [-0.05, 0) is 25.1 Å². The van der Waals surface area contributed by atoms with Crippen LogP contribution >= 0.6 is 11.6 Å². The van der Waals surface area contributed by atoms with Crippen LogP contribution in [0.3, 0.4) is 0 Å². The van der Waals surface area contributed by atoms with Crippen molar-refractivity contribution in [1.29, 1.82) is 0 Å². The van der Waals surface area contributed by atoms with Gasteiger partial charge in [0.05, 0.1) is 12.2 Å². The molecule has 0 radical (unpaired) electrons. The molecule has 0 spiro atoms. The van der Waals surface area contributed by atoms with Gasteiger partial charge in [-0.25, -0.2) is 8.42 Å². The summed E-state index contributed by atoms with van der Waals surface area (Å²) in [4.78, 5) is 11.5. The van der Waals surface area contributed by atoms with E-state index in [4.69, 9.17) is 17.3 Å². The van der Waals surface area contributed by atoms with Crippen molar-refractivity contribution in [2.45, 2.75) is 18.7 Å². The fraction of sp³-hybridized carbons (Fsp3) is 0.417. The minimum atomic E-state index is -3.85. The van der Waals surface area contributed by atoms with Crippen LogP contribution < -0.4 is 11.1 Å². The Hall–Kier alpha value is -1.31. The van der Waals surface area contributed by atoms with E-state index in [1.165, 1.54) is 18.2 Å². The SMILES string of the molecule is CCNC(=O)CN(CC)S(=O)(=O)c1cc(Cl)ccc1N. The second-order valence-corrected chi connectivity index (χ2v) is 6.41. The standard InChI is InChI=1S/C12H18ClN3O3S/c1-3-15-12(17)8-16(4-2)20(18,19)11-7-9(13)5-6-10(11)14/h5-7H,3-4,8,14H2,1-2H3,(H,15,17). The minimum absolute atomic E-state index is 0.0869. The van der Waals surface area contributed by atoms with Crippen LogP contribution in [0.25, 0.3) is 0 Å². The fourth-order valence-corrected chi connectivity index (χ4v) is 3.43. The minimum Gasteiger partial charge on any atom is -0.398 e. The van der Waals surface area contributed by atoms with Gasteiger partial charge >= 0.3 is 0 Å². The highest BCUT2D eigenvalue weighted by molar-refractivity contribution is 7.89. The van der Waals surface area contributed by atoms with Gasteiger partial charge in [0.15, 0.2) is 0 Å². The monoisotopic (exact) mass is 319 g/mol. The smallest absolute Gasteiger partial charge is 0.245 e. The Labute approximate surface area is 123 Å². The molecule has 0 fully saturated rings. The molecule has 6 nitrogen and oxygen atoms in total. The zero-order valence-electron chi connectivity index (χ0n) is 11.4. The van der Waals surface area contributed by atoms with Crippen LogP contribution in [0.15, 0.2) is 23.1 Å². The van der Waals surface area contributed by atoms with Crippen molar-refractivity contribution in [2.75, 3.05) is 25.4 Å². The Morgan fingerprint density at radius 2 is 2.05 bits per heavy atom. The Kier molecular flexibility index (Phi) is 5.79. The zero-order chi connectivity index (χ0) is 15.3. The number of nitrogens with zero attached hydrogens (tertiary/aromatic N) is 1. The van der Waals surface area contributed by atoms with Gasteiger partial charge in [0.2, 0.25) is 15.9 Å². The van der Waals surface area contributed by atoms with Crippen LogP contribution in [-0.2, 0) is 14.8 Å². The van der Waals surface area contributed by atoms with Crippen LogP contribution in [0.4, 0.5) is 5.69 Å². The maximum atomic E-state index is 12.5. The first kappa shape index (κ1) is 16.7. The van der Waals surface area contributed by atoms with Gasteiger partial charge in [-0.15, -0.1) is 0 Å². The maximum Gasteiger partial charge on any atom is 0.245 e. The van der Waals surface area contributed by atoms with Gasteiger partial charge in [-0.1, -0.05) is 18.5 Å². The number of rotatable bonds is 6. The van der Waals surface area contributed by atoms with Crippen molar-refractivity contribution >= 4 is 33.2 Å². The van der Waals surface area contributed by atoms with E-state index >= 15 is 0 Å². The normalized spacial score (nSPS) is 11.6. The molecule has 0 aromatic heterocycles. The van der Waals surface area contributed by atoms with Crippen molar-refractivity contribution in [3.8, 4) is 0 Å². The molecule has 1 amide bonds. The Morgan fingerprint density at radius 1 is 1.40 bits per heavy atom. The Bertz CT molecular complexity index is 590. The molecule has 0 atom stereocenters. The predicted molar refractivity (Wildman–Crippen MR) is 79.0 cm³/mol. The van der Waals surface area contributed by atoms with E-state index in [0.29, 0.717) is 6.54 Å². The molecule has 0 heterocycles. The van der Waals surface area contributed by atoms with E-state index in [1.54, 1.807) is 13.8 Å². The second kappa shape index (κ2) is 6.92. The summed E-state index contributed by atoms with van der Waals surface area (Å²) in [5.74, 6) is -0.362. The third kappa shape index (κ3) is 3.84. The molecule has 20 heavy (non-hydrogen) atoms. The molecule has 0 aliphatic carbocycles. The third-order valence-corrected chi connectivity index (χ3v) is 4.85. The highest BCUT2D eigenvalue weighted by Crippen LogP contribution is 2.25. The number of halogens is 1. The van der Waals surface area contributed by atoms with Gasteiger partial charge in [0.1, 0.15) is 4.90 Å². The molecule has 0 aliphatic heterocycles. The Morgan fingerprint density at radius 3 is 2.60 bits per heavy atom. The number of hydrogen-bond donors (Lipinski definition) is 2. The fourth-order valence-electron chi connectivity index (χ4n) is 1.65. The Balaban J connectivity index is 3.12. The third-order valence-electron chi connectivity index (χ3n) is 2.64. The molecule has 112 valence electrons. The highest BCUT2D eigenvalue weighted by atomic mass is 35.5. The molecule has 0 saturated carbocycles. The summed E-state index contributed by atoms with van der Waals surface area (Å²) in [6.07, 6.45) is 0. The quantitative estimate of drug-likeness (QED) is 0.767. The summed E-state index contributed by atoms with van der Waals surface area (Å²) in [5.41, 5.74) is 5.79. The van der Waals surface area contributed by atoms with Gasteiger partial charge < -0.3 is 11.1 Å². The van der Waals surface area contributed by atoms with Crippen LogP contribution in [0.1, 0.15) is 13.8 Å². The number of benzene rings is 1. The van der Waals surface area contributed by atoms with Crippen molar-refractivity contribution in [3.63, 3.8) is 0 Å². The summed E-state index contributed by atoms with van der Waals surface area (Å²) in [6.45, 7) is 3.76. The van der Waals surface area contributed by atoms with E-state index in [9.17, 15) is 13.2 Å². The first-order valence-electron chi connectivity index (χ1n) is 6.14. The van der Waals surface area contributed by atoms with Gasteiger partial charge in [0.25, 0.3) is 0 Å². The van der Waals surface area contributed by atoms with E-state index in [0.717, 1.165) is 4.31 Å². The van der Waals surface area contributed by atoms with Gasteiger partial charge in [-0.3, -0.25) is 4.79 Å². The van der Waals surface area contributed by atoms with Gasteiger partial charge in [0, 0.05) is 18.1 Å². The highest BCUT2D eigenvalue weighted by Gasteiger charge is 2.27. The van der Waals surface area contributed by atoms with E-state index in [2.05, 4.69) is 5.32 Å². The number of nitrogen functional groups attached to an aromatic ring is 1. The summed E-state index contributed by atoms with van der Waals surface area (Å²) >= 11 is 5.81. The molecule has 0 saturated heterocycles. The molecule has 0 bridgehead atoms. The lowest BCUT2D eigenvalue weighted by molar-refractivity contribution is -0.121. The predicted octanol–water partition coefficient (Wildman–Crippen LogP) is 1.07. The molecule has 1 aromatic carbocycles. The van der Waals surface area contributed by atoms with E-state index < -0.39 is 10.0 Å². The zero-order valence-corrected chi connectivity index (χ0v) is 13.0. The lowest BCUT2D eigenvalue weighted by Crippen LogP contribution is -2.40. The molecule has 8 heteroatoms. The average Bonchev–Trinajstić information content (AvgIpc) is 2.38. The summed E-state index contributed by atoms with van der Waals surface area (Å²) < 4.78 is 26.0. The van der Waals surface area contributed by atoms with Crippen molar-refractivity contribution < 1.29 is 13.2 Å². The lowest BCUT2D eigenvalue weighted by Gasteiger charge is -2.20. The number of amides is 1. The number of nitrogens with one attached hydrogen (secondary N) is 1. The van der Waals surface area contributed by atoms with Crippen LogP contribution in [-0.4, -0.2) is 38.3 Å². The molecule has 1 aromatic rings. The largest absolute Gasteiger partial charge is 0.398 e. The molecular formula is C12H18ClN3O3S. The van der Waals surface area contributed by atoms with Crippen molar-refractivity contribution in [2.24, 2.45) is 0 Å². The number of anilines is 1. The van der Waals surface area contributed by atoms with Crippen molar-refractivity contribution in [1.82, 2.24) is 9.62 Å². The number of nitrogens with two attached hydrogens (primary N) is 1. The first-order chi connectivity index (χ1) is 9.32. The van der Waals surface area contributed by atoms with Crippen LogP contribution in [0.5, 0.6) is 0 Å². The number of carbonyl (C=O) groups is 1. The summed E-state index contributed by atoms with van der Waals surface area (Å²) in [5, 5.41) is 2.83. The van der Waals surface area contributed by atoms with E-state index in [1.807, 2.05) is 0 Å². The van der Waals surface area contributed by atoms with Crippen LogP contribution in [0, 0.1) is 0 Å². The summed E-state index contributed by atoms with van der Waals surface area (Å²) in [7, 11) is -3.85. The van der Waals surface area contributed by atoms with Gasteiger partial charge in [-0.2, -0.15) is 4.31 Å². The molecule has 0 unspecified atom stereocenters. The maximum absolute atomic E-state index is 12.5. The second-order valence-electron chi connectivity index (χ2n) is 4.07. The molecule has 1 rings (SSSR count). The lowest BCUT2D eigenvalue weighted by atomic mass is 10.3. The number of hydrogen-bond acceptors (Lipinski definition) is 4. The molecular weight excluding hydrogens is 302 g/mol. The topological polar surface area (TPSA) is 92.5 Å². The van der Waals surface area contributed by atoms with Crippen LogP contribution in [0.2, 0.25) is 5.02 Å². The number of sulfonamides is 1. The molecule has 3 N–H and O–H groups in total.